The second kappa shape index (κ2) is 5.57. The summed E-state index contributed by atoms with van der Waals surface area (Å²) in [5.41, 5.74) is -0.927. The van der Waals surface area contributed by atoms with E-state index in [1.54, 1.807) is 7.98 Å². The predicted octanol–water partition coefficient (Wildman–Crippen LogP) is 1.39. The number of halogens is 3. The van der Waals surface area contributed by atoms with Crippen molar-refractivity contribution in [2.24, 2.45) is 10.9 Å². The van der Waals surface area contributed by atoms with Crippen molar-refractivity contribution in [3.63, 3.8) is 0 Å². The molecular weight excluding hydrogens is 300 g/mol. The van der Waals surface area contributed by atoms with Gasteiger partial charge in [-0.15, -0.1) is 0 Å². The summed E-state index contributed by atoms with van der Waals surface area (Å²) in [6.45, 7) is -0.604. The van der Waals surface area contributed by atoms with E-state index in [-0.39, 0.29) is 18.1 Å². The van der Waals surface area contributed by atoms with E-state index in [2.05, 4.69) is 10.2 Å². The molecule has 2 aliphatic rings. The zero-order valence-electron chi connectivity index (χ0n) is 11.4. The van der Waals surface area contributed by atoms with Gasteiger partial charge in [-0.2, -0.15) is 0 Å². The average molecular weight is 314 g/mol. The summed E-state index contributed by atoms with van der Waals surface area (Å²) in [4.78, 5) is 4.53. The van der Waals surface area contributed by atoms with Crippen molar-refractivity contribution in [2.45, 2.75) is 11.6 Å². The molecule has 21 heavy (non-hydrogen) atoms. The molecule has 3 rings (SSSR count). The third-order valence-corrected chi connectivity index (χ3v) is 5.16. The smallest absolute Gasteiger partial charge is 0.216 e. The zero-order chi connectivity index (χ0) is 15.0. The summed E-state index contributed by atoms with van der Waals surface area (Å²) in [7, 11) is 1.71. The lowest BCUT2D eigenvalue weighted by Crippen LogP contribution is -2.43. The Hall–Kier alpha value is -1.15. The number of hydrogen-bond acceptors (Lipinski definition) is 4. The third-order valence-electron chi connectivity index (χ3n) is 4.06. The number of hydrogen-bond donors (Lipinski definition) is 1. The summed E-state index contributed by atoms with van der Waals surface area (Å²) < 4.78 is 46.5. The molecule has 2 aliphatic heterocycles. The fourth-order valence-corrected chi connectivity index (χ4v) is 4.16. The molecular formula is C13H14BF3N2OS. The maximum absolute atomic E-state index is 14.3. The Labute approximate surface area is 125 Å². The maximum atomic E-state index is 14.3. The minimum atomic E-state index is -1.06. The van der Waals surface area contributed by atoms with Crippen molar-refractivity contribution >= 4 is 24.9 Å². The summed E-state index contributed by atoms with van der Waals surface area (Å²) in [5.74, 6) is -1.63. The first kappa shape index (κ1) is 14.8. The van der Waals surface area contributed by atoms with E-state index >= 15 is 0 Å². The molecule has 3 nitrogen and oxygen atoms in total. The lowest BCUT2D eigenvalue weighted by Gasteiger charge is -2.36. The van der Waals surface area contributed by atoms with Crippen LogP contribution in [0.3, 0.4) is 0 Å². The molecule has 0 radical (unpaired) electrons. The lowest BCUT2D eigenvalue weighted by molar-refractivity contribution is 0.0720. The number of thioether (sulfide) groups is 1. The van der Waals surface area contributed by atoms with Gasteiger partial charge in [0.15, 0.2) is 11.6 Å². The summed E-state index contributed by atoms with van der Waals surface area (Å²) in [5, 5.41) is 3.55. The van der Waals surface area contributed by atoms with Crippen LogP contribution in [0.2, 0.25) is 0 Å². The maximum Gasteiger partial charge on any atom is 0.216 e. The average Bonchev–Trinajstić information content (AvgIpc) is 2.88. The van der Waals surface area contributed by atoms with Crippen molar-refractivity contribution in [3.8, 4) is 0 Å². The SMILES string of the molecule is BNC1=N[C@@]2(c3cccc(F)c3F)CO[C@H](CF)[C@H]2CS1. The van der Waals surface area contributed by atoms with Crippen molar-refractivity contribution in [2.75, 3.05) is 19.0 Å². The molecule has 1 N–H and O–H groups in total. The van der Waals surface area contributed by atoms with E-state index in [9.17, 15) is 13.2 Å². The van der Waals surface area contributed by atoms with Gasteiger partial charge >= 0.3 is 0 Å². The van der Waals surface area contributed by atoms with Gasteiger partial charge in [0, 0.05) is 17.2 Å². The fraction of sp³-hybridized carbons (Fsp3) is 0.462. The van der Waals surface area contributed by atoms with Crippen LogP contribution in [0.5, 0.6) is 0 Å². The second-order valence-corrected chi connectivity index (χ2v) is 6.12. The van der Waals surface area contributed by atoms with Gasteiger partial charge in [-0.25, -0.2) is 18.2 Å². The van der Waals surface area contributed by atoms with Crippen molar-refractivity contribution < 1.29 is 17.9 Å². The lowest BCUT2D eigenvalue weighted by atomic mass is 9.79. The zero-order valence-corrected chi connectivity index (χ0v) is 12.2. The van der Waals surface area contributed by atoms with Gasteiger partial charge in [0.05, 0.1) is 12.7 Å². The Kier molecular flexibility index (Phi) is 3.92. The van der Waals surface area contributed by atoms with Crippen LogP contribution in [0.1, 0.15) is 5.56 Å². The largest absolute Gasteiger partial charge is 0.415 e. The Morgan fingerprint density at radius 1 is 1.48 bits per heavy atom. The van der Waals surface area contributed by atoms with Crippen LogP contribution in [0.15, 0.2) is 23.2 Å². The van der Waals surface area contributed by atoms with Crippen molar-refractivity contribution in [1.29, 1.82) is 0 Å². The molecule has 8 heteroatoms. The Morgan fingerprint density at radius 2 is 2.29 bits per heavy atom. The molecule has 112 valence electrons. The number of benzene rings is 1. The second-order valence-electron chi connectivity index (χ2n) is 5.11. The number of nitrogens with one attached hydrogen (secondary N) is 1. The summed E-state index contributed by atoms with van der Waals surface area (Å²) in [6, 6.07) is 4.01. The molecule has 3 atom stereocenters. The minimum Gasteiger partial charge on any atom is -0.415 e. The van der Waals surface area contributed by atoms with Crippen LogP contribution < -0.4 is 5.23 Å². The highest BCUT2D eigenvalue weighted by atomic mass is 32.2. The first-order chi connectivity index (χ1) is 10.1. The van der Waals surface area contributed by atoms with Crippen LogP contribution in [-0.2, 0) is 10.3 Å². The Bertz CT molecular complexity index is 589. The standard InChI is InChI=1S/C13H14BF3N2OS/c14-19-12-18-13(7-2-1-3-9(16)11(7)17)6-20-10(4-15)8(13)5-21-12/h1-3,8,10H,4-6,14H2,(H,18,19)/t8-,10-,13-/m1/s1. The number of amidine groups is 1. The summed E-state index contributed by atoms with van der Waals surface area (Å²) in [6.07, 6.45) is -0.637. The van der Waals surface area contributed by atoms with Gasteiger partial charge in [0.25, 0.3) is 0 Å². The first-order valence-electron chi connectivity index (χ1n) is 6.65. The Balaban J connectivity index is 2.15. The molecule has 2 heterocycles. The number of aliphatic imine (C=N–C) groups is 1. The molecule has 0 spiro atoms. The molecule has 0 saturated carbocycles. The van der Waals surface area contributed by atoms with Gasteiger partial charge < -0.3 is 9.96 Å². The van der Waals surface area contributed by atoms with Crippen molar-refractivity contribution in [3.05, 3.63) is 35.4 Å². The fourth-order valence-electron chi connectivity index (χ4n) is 2.96. The molecule has 0 aliphatic carbocycles. The molecule has 1 aromatic carbocycles. The quantitative estimate of drug-likeness (QED) is 0.838. The van der Waals surface area contributed by atoms with Crippen LogP contribution in [0.4, 0.5) is 13.2 Å². The number of nitrogens with zero attached hydrogens (tertiary/aromatic N) is 1. The van der Waals surface area contributed by atoms with E-state index in [0.29, 0.717) is 10.9 Å². The van der Waals surface area contributed by atoms with Crippen molar-refractivity contribution in [1.82, 2.24) is 5.23 Å². The molecule has 1 fully saturated rings. The van der Waals surface area contributed by atoms with Crippen LogP contribution >= 0.6 is 11.8 Å². The van der Waals surface area contributed by atoms with E-state index < -0.39 is 30.0 Å². The van der Waals surface area contributed by atoms with Crippen LogP contribution in [0.25, 0.3) is 0 Å². The van der Waals surface area contributed by atoms with Crippen LogP contribution in [0, 0.1) is 17.6 Å². The molecule has 1 aromatic rings. The molecule has 0 amide bonds. The molecule has 0 aromatic heterocycles. The highest BCUT2D eigenvalue weighted by molar-refractivity contribution is 8.13. The van der Waals surface area contributed by atoms with E-state index in [0.717, 1.165) is 6.07 Å². The van der Waals surface area contributed by atoms with E-state index in [1.165, 1.54) is 23.9 Å². The van der Waals surface area contributed by atoms with Gasteiger partial charge in [0.2, 0.25) is 7.98 Å². The van der Waals surface area contributed by atoms with E-state index in [1.807, 2.05) is 0 Å². The highest BCUT2D eigenvalue weighted by Gasteiger charge is 2.54. The van der Waals surface area contributed by atoms with Crippen LogP contribution in [-0.4, -0.2) is 38.3 Å². The molecule has 0 bridgehead atoms. The Morgan fingerprint density at radius 3 is 3.00 bits per heavy atom. The molecule has 0 unspecified atom stereocenters. The van der Waals surface area contributed by atoms with E-state index in [4.69, 9.17) is 4.74 Å². The third kappa shape index (κ3) is 2.24. The normalized spacial score (nSPS) is 31.7. The molecule has 1 saturated heterocycles. The van der Waals surface area contributed by atoms with Gasteiger partial charge in [-0.05, 0) is 6.07 Å². The number of alkyl halides is 1. The highest BCUT2D eigenvalue weighted by Crippen LogP contribution is 2.48. The number of rotatable bonds is 2. The van der Waals surface area contributed by atoms with Gasteiger partial charge in [0.1, 0.15) is 17.4 Å². The predicted molar refractivity (Wildman–Crippen MR) is 78.8 cm³/mol. The van der Waals surface area contributed by atoms with Gasteiger partial charge in [-0.1, -0.05) is 23.9 Å². The topological polar surface area (TPSA) is 33.6 Å². The van der Waals surface area contributed by atoms with Gasteiger partial charge in [-0.3, -0.25) is 0 Å². The number of ether oxygens (including phenoxy) is 1. The minimum absolute atomic E-state index is 0.0539. The monoisotopic (exact) mass is 314 g/mol. The summed E-state index contributed by atoms with van der Waals surface area (Å²) >= 11 is 1.44. The first-order valence-corrected chi connectivity index (χ1v) is 7.63. The number of fused-ring (bicyclic) bond motifs is 1.